The van der Waals surface area contributed by atoms with E-state index in [1.165, 1.54) is 25.7 Å². The van der Waals surface area contributed by atoms with Crippen LogP contribution in [0.25, 0.3) is 0 Å². The van der Waals surface area contributed by atoms with E-state index >= 15 is 0 Å². The zero-order valence-corrected chi connectivity index (χ0v) is 9.12. The van der Waals surface area contributed by atoms with Crippen LogP contribution in [-0.4, -0.2) is 37.5 Å². The van der Waals surface area contributed by atoms with Crippen LogP contribution in [-0.2, 0) is 4.79 Å². The van der Waals surface area contributed by atoms with Gasteiger partial charge in [0.2, 0.25) is 5.91 Å². The Kier molecular flexibility index (Phi) is 2.77. The lowest BCUT2D eigenvalue weighted by molar-refractivity contribution is -0.127. The van der Waals surface area contributed by atoms with Gasteiger partial charge < -0.3 is 10.2 Å². The molecule has 1 amide bonds. The fraction of sp³-hybridized carbons (Fsp3) is 0.909. The zero-order valence-electron chi connectivity index (χ0n) is 9.12. The maximum Gasteiger partial charge on any atom is 0.236 e. The van der Waals surface area contributed by atoms with E-state index in [0.717, 1.165) is 11.8 Å². The second-order valence-corrected chi connectivity index (χ2v) is 4.95. The summed E-state index contributed by atoms with van der Waals surface area (Å²) >= 11 is 0. The summed E-state index contributed by atoms with van der Waals surface area (Å²) < 4.78 is 0. The monoisotopic (exact) mass is 196 g/mol. The van der Waals surface area contributed by atoms with Crippen molar-refractivity contribution in [3.8, 4) is 0 Å². The molecule has 0 heterocycles. The first-order chi connectivity index (χ1) is 6.66. The first-order valence-corrected chi connectivity index (χ1v) is 5.60. The highest BCUT2D eigenvalue weighted by Gasteiger charge is 2.39. The van der Waals surface area contributed by atoms with Crippen LogP contribution in [0.4, 0.5) is 0 Å². The molecule has 3 heteroatoms. The van der Waals surface area contributed by atoms with Gasteiger partial charge in [0.25, 0.3) is 0 Å². The number of carbonyl (C=O) groups excluding carboxylic acids is 1. The Morgan fingerprint density at radius 3 is 2.64 bits per heavy atom. The molecule has 2 rings (SSSR count). The minimum atomic E-state index is 0.188. The lowest BCUT2D eigenvalue weighted by atomic mass is 9.95. The average Bonchev–Trinajstić information content (AvgIpc) is 2.74. The van der Waals surface area contributed by atoms with E-state index in [2.05, 4.69) is 5.32 Å². The van der Waals surface area contributed by atoms with Gasteiger partial charge in [0.05, 0.1) is 6.54 Å². The Labute approximate surface area is 85.8 Å². The number of amides is 1. The Bertz CT molecular complexity index is 227. The molecule has 80 valence electrons. The molecular weight excluding hydrogens is 176 g/mol. The molecule has 2 bridgehead atoms. The molecule has 1 N–H and O–H groups in total. The highest BCUT2D eigenvalue weighted by Crippen LogP contribution is 2.44. The van der Waals surface area contributed by atoms with Crippen molar-refractivity contribution >= 4 is 5.91 Å². The number of hydrogen-bond donors (Lipinski definition) is 1. The normalized spacial score (nSPS) is 34.9. The second-order valence-electron chi connectivity index (χ2n) is 4.95. The summed E-state index contributed by atoms with van der Waals surface area (Å²) in [6.07, 6.45) is 5.49. The van der Waals surface area contributed by atoms with Gasteiger partial charge in [0.1, 0.15) is 0 Å². The predicted molar refractivity (Wildman–Crippen MR) is 55.9 cm³/mol. The van der Waals surface area contributed by atoms with Crippen LogP contribution in [0.3, 0.4) is 0 Å². The van der Waals surface area contributed by atoms with Crippen molar-refractivity contribution in [2.24, 2.45) is 11.8 Å². The number of likely N-dealkylation sites (N-methyl/N-ethyl adjacent to an activating group) is 1. The number of nitrogens with zero attached hydrogens (tertiary/aromatic N) is 1. The molecule has 0 radical (unpaired) electrons. The van der Waals surface area contributed by atoms with Gasteiger partial charge in [-0.05, 0) is 31.1 Å². The molecule has 0 saturated heterocycles. The van der Waals surface area contributed by atoms with Gasteiger partial charge in [-0.1, -0.05) is 6.42 Å². The summed E-state index contributed by atoms with van der Waals surface area (Å²) in [6, 6.07) is 0.623. The van der Waals surface area contributed by atoms with E-state index in [9.17, 15) is 4.79 Å². The molecule has 2 fully saturated rings. The Morgan fingerprint density at radius 1 is 1.36 bits per heavy atom. The van der Waals surface area contributed by atoms with Crippen molar-refractivity contribution in [3.05, 3.63) is 0 Å². The van der Waals surface area contributed by atoms with Gasteiger partial charge in [-0.3, -0.25) is 4.79 Å². The SMILES string of the molecule is CN(C)C(=O)CN[C@@H]1C[C@H]2CC[C@@H]1C2. The van der Waals surface area contributed by atoms with Crippen LogP contribution in [0, 0.1) is 11.8 Å². The third-order valence-corrected chi connectivity index (χ3v) is 3.75. The predicted octanol–water partition coefficient (Wildman–Crippen LogP) is 0.853. The Balaban J connectivity index is 1.74. The molecule has 0 aliphatic heterocycles. The van der Waals surface area contributed by atoms with Gasteiger partial charge in [0.15, 0.2) is 0 Å². The van der Waals surface area contributed by atoms with E-state index < -0.39 is 0 Å². The fourth-order valence-corrected chi connectivity index (χ4v) is 2.87. The third-order valence-electron chi connectivity index (χ3n) is 3.75. The summed E-state index contributed by atoms with van der Waals surface area (Å²) in [6.45, 7) is 0.515. The van der Waals surface area contributed by atoms with E-state index in [1.807, 2.05) is 14.1 Å². The standard InChI is InChI=1S/C11H20N2O/c1-13(2)11(14)7-12-10-6-8-3-4-9(10)5-8/h8-10,12H,3-7H2,1-2H3/t8-,9+,10+/m0/s1. The molecule has 0 spiro atoms. The van der Waals surface area contributed by atoms with Crippen LogP contribution in [0.15, 0.2) is 0 Å². The Hall–Kier alpha value is -0.570. The minimum absolute atomic E-state index is 0.188. The number of rotatable bonds is 3. The number of carbonyl (C=O) groups is 1. The molecule has 0 aromatic carbocycles. The van der Waals surface area contributed by atoms with E-state index in [-0.39, 0.29) is 5.91 Å². The van der Waals surface area contributed by atoms with E-state index in [0.29, 0.717) is 12.6 Å². The summed E-state index contributed by atoms with van der Waals surface area (Å²) in [5, 5.41) is 3.40. The number of fused-ring (bicyclic) bond motifs is 2. The lowest BCUT2D eigenvalue weighted by Gasteiger charge is -2.23. The Morgan fingerprint density at radius 2 is 2.14 bits per heavy atom. The van der Waals surface area contributed by atoms with Crippen LogP contribution >= 0.6 is 0 Å². The minimum Gasteiger partial charge on any atom is -0.348 e. The number of hydrogen-bond acceptors (Lipinski definition) is 2. The maximum absolute atomic E-state index is 11.4. The second kappa shape index (κ2) is 3.89. The van der Waals surface area contributed by atoms with Crippen molar-refractivity contribution in [1.29, 1.82) is 0 Å². The summed E-state index contributed by atoms with van der Waals surface area (Å²) in [5.41, 5.74) is 0. The number of nitrogens with one attached hydrogen (secondary N) is 1. The molecule has 0 unspecified atom stereocenters. The third kappa shape index (κ3) is 1.92. The summed E-state index contributed by atoms with van der Waals surface area (Å²) in [4.78, 5) is 13.0. The molecule has 3 atom stereocenters. The lowest BCUT2D eigenvalue weighted by Crippen LogP contribution is -2.41. The molecule has 2 saturated carbocycles. The molecular formula is C11H20N2O. The van der Waals surface area contributed by atoms with Crippen LogP contribution in [0.2, 0.25) is 0 Å². The van der Waals surface area contributed by atoms with Gasteiger partial charge in [0, 0.05) is 20.1 Å². The topological polar surface area (TPSA) is 32.3 Å². The molecule has 0 aromatic heterocycles. The highest BCUT2D eigenvalue weighted by atomic mass is 16.2. The molecule has 3 nitrogen and oxygen atoms in total. The summed E-state index contributed by atoms with van der Waals surface area (Å²) in [7, 11) is 3.62. The van der Waals surface area contributed by atoms with Crippen LogP contribution in [0.5, 0.6) is 0 Å². The van der Waals surface area contributed by atoms with Gasteiger partial charge in [-0.25, -0.2) is 0 Å². The van der Waals surface area contributed by atoms with E-state index in [1.54, 1.807) is 4.90 Å². The molecule has 2 aliphatic carbocycles. The first kappa shape index (κ1) is 9.97. The first-order valence-electron chi connectivity index (χ1n) is 5.60. The molecule has 0 aromatic rings. The van der Waals surface area contributed by atoms with Crippen molar-refractivity contribution in [3.63, 3.8) is 0 Å². The quantitative estimate of drug-likeness (QED) is 0.726. The van der Waals surface area contributed by atoms with Crippen molar-refractivity contribution in [2.45, 2.75) is 31.7 Å². The van der Waals surface area contributed by atoms with Crippen molar-refractivity contribution in [2.75, 3.05) is 20.6 Å². The van der Waals surface area contributed by atoms with Gasteiger partial charge >= 0.3 is 0 Å². The van der Waals surface area contributed by atoms with Crippen molar-refractivity contribution < 1.29 is 4.79 Å². The van der Waals surface area contributed by atoms with E-state index in [4.69, 9.17) is 0 Å². The van der Waals surface area contributed by atoms with Gasteiger partial charge in [-0.15, -0.1) is 0 Å². The molecule has 14 heavy (non-hydrogen) atoms. The van der Waals surface area contributed by atoms with Crippen LogP contribution < -0.4 is 5.32 Å². The molecule has 2 aliphatic rings. The summed E-state index contributed by atoms with van der Waals surface area (Å²) in [5.74, 6) is 2.00. The zero-order chi connectivity index (χ0) is 10.1. The fourth-order valence-electron chi connectivity index (χ4n) is 2.87. The van der Waals surface area contributed by atoms with Crippen LogP contribution in [0.1, 0.15) is 25.7 Å². The average molecular weight is 196 g/mol. The highest BCUT2D eigenvalue weighted by molar-refractivity contribution is 5.77. The van der Waals surface area contributed by atoms with Crippen molar-refractivity contribution in [1.82, 2.24) is 10.2 Å². The maximum atomic E-state index is 11.4. The largest absolute Gasteiger partial charge is 0.348 e. The smallest absolute Gasteiger partial charge is 0.236 e. The van der Waals surface area contributed by atoms with Gasteiger partial charge in [-0.2, -0.15) is 0 Å².